The lowest BCUT2D eigenvalue weighted by Gasteiger charge is -2.34. The molecule has 9 heteroatoms. The van der Waals surface area contributed by atoms with Crippen LogP contribution in [0.15, 0.2) is 18.2 Å². The Hall–Kier alpha value is -2.78. The van der Waals surface area contributed by atoms with Crippen LogP contribution in [-0.4, -0.2) is 89.6 Å². The lowest BCUT2D eigenvalue weighted by molar-refractivity contribution is -0.122. The second-order valence-corrected chi connectivity index (χ2v) is 7.98. The van der Waals surface area contributed by atoms with Crippen molar-refractivity contribution in [1.29, 1.82) is 0 Å². The van der Waals surface area contributed by atoms with Gasteiger partial charge in [0.15, 0.2) is 5.69 Å². The van der Waals surface area contributed by atoms with E-state index in [0.29, 0.717) is 57.3 Å². The molecule has 0 unspecified atom stereocenters. The van der Waals surface area contributed by atoms with Crippen LogP contribution in [0.25, 0.3) is 5.69 Å². The monoisotopic (exact) mass is 428 g/mol. The predicted octanol–water partition coefficient (Wildman–Crippen LogP) is 1.10. The number of piperazine rings is 1. The molecular formula is C22H32N6O3. The molecule has 1 aromatic heterocycles. The van der Waals surface area contributed by atoms with Gasteiger partial charge in [0.25, 0.3) is 5.91 Å². The summed E-state index contributed by atoms with van der Waals surface area (Å²) in [5.41, 5.74) is 4.09. The Balaban J connectivity index is 1.55. The van der Waals surface area contributed by atoms with Crippen LogP contribution in [0.3, 0.4) is 0 Å². The van der Waals surface area contributed by atoms with Gasteiger partial charge in [0.05, 0.1) is 17.9 Å². The molecule has 2 aromatic rings. The minimum Gasteiger partial charge on any atom is -0.385 e. The summed E-state index contributed by atoms with van der Waals surface area (Å²) in [5, 5.41) is 11.9. The third kappa shape index (κ3) is 5.89. The van der Waals surface area contributed by atoms with Crippen LogP contribution >= 0.6 is 0 Å². The van der Waals surface area contributed by atoms with Crippen molar-refractivity contribution in [2.45, 2.75) is 27.2 Å². The van der Waals surface area contributed by atoms with Gasteiger partial charge in [-0.15, -0.1) is 5.10 Å². The summed E-state index contributed by atoms with van der Waals surface area (Å²) in [4.78, 5) is 30.5. The molecule has 2 amide bonds. The first-order valence-electron chi connectivity index (χ1n) is 10.7. The molecule has 1 aromatic carbocycles. The topological polar surface area (TPSA) is 92.6 Å². The van der Waals surface area contributed by atoms with Crippen LogP contribution in [0.2, 0.25) is 0 Å². The second-order valence-electron chi connectivity index (χ2n) is 7.98. The quantitative estimate of drug-likeness (QED) is 0.633. The van der Waals surface area contributed by atoms with Crippen molar-refractivity contribution in [1.82, 2.24) is 30.1 Å². The normalized spacial score (nSPS) is 14.6. The minimum absolute atomic E-state index is 0.00290. The van der Waals surface area contributed by atoms with Gasteiger partial charge in [-0.05, 0) is 38.8 Å². The van der Waals surface area contributed by atoms with E-state index >= 15 is 0 Å². The fourth-order valence-corrected chi connectivity index (χ4v) is 3.68. The van der Waals surface area contributed by atoms with Crippen molar-refractivity contribution in [3.05, 3.63) is 40.7 Å². The lowest BCUT2D eigenvalue weighted by atomic mass is 10.1. The molecule has 1 N–H and O–H groups in total. The highest BCUT2D eigenvalue weighted by molar-refractivity contribution is 5.93. The fraction of sp³-hybridized carbons (Fsp3) is 0.545. The van der Waals surface area contributed by atoms with Gasteiger partial charge in [-0.25, -0.2) is 0 Å². The molecule has 0 radical (unpaired) electrons. The van der Waals surface area contributed by atoms with Gasteiger partial charge in [-0.3, -0.25) is 14.5 Å². The number of aryl methyl sites for hydroxylation is 3. The maximum Gasteiger partial charge on any atom is 0.276 e. The highest BCUT2D eigenvalue weighted by Gasteiger charge is 2.27. The number of hydrogen-bond donors (Lipinski definition) is 1. The molecule has 1 aliphatic rings. The zero-order chi connectivity index (χ0) is 22.4. The lowest BCUT2D eigenvalue weighted by Crippen LogP contribution is -2.51. The van der Waals surface area contributed by atoms with Crippen LogP contribution in [0.5, 0.6) is 0 Å². The third-order valence-corrected chi connectivity index (χ3v) is 5.43. The van der Waals surface area contributed by atoms with Crippen molar-refractivity contribution in [3.8, 4) is 5.69 Å². The van der Waals surface area contributed by atoms with Crippen molar-refractivity contribution < 1.29 is 14.3 Å². The van der Waals surface area contributed by atoms with E-state index in [2.05, 4.69) is 26.5 Å². The predicted molar refractivity (Wildman–Crippen MR) is 117 cm³/mol. The summed E-state index contributed by atoms with van der Waals surface area (Å²) < 4.78 is 4.98. The molecule has 31 heavy (non-hydrogen) atoms. The Kier molecular flexibility index (Phi) is 7.75. The standard InChI is InChI=1S/C22H32N6O3/c1-16-6-7-19(17(2)14-16)28-24-18(3)21(25-28)22(30)27-11-9-26(10-12-27)15-20(29)23-8-5-13-31-4/h6-7,14H,5,8-13,15H2,1-4H3,(H,23,29). The van der Waals surface area contributed by atoms with Crippen molar-refractivity contribution >= 4 is 11.8 Å². The third-order valence-electron chi connectivity index (χ3n) is 5.43. The number of hydrogen-bond acceptors (Lipinski definition) is 6. The van der Waals surface area contributed by atoms with Crippen molar-refractivity contribution in [2.24, 2.45) is 0 Å². The fourth-order valence-electron chi connectivity index (χ4n) is 3.68. The van der Waals surface area contributed by atoms with E-state index in [4.69, 9.17) is 4.74 Å². The molecular weight excluding hydrogens is 396 g/mol. The molecule has 0 saturated carbocycles. The summed E-state index contributed by atoms with van der Waals surface area (Å²) >= 11 is 0. The van der Waals surface area contributed by atoms with Crippen LogP contribution < -0.4 is 5.32 Å². The number of carbonyl (C=O) groups excluding carboxylic acids is 2. The first-order chi connectivity index (χ1) is 14.9. The summed E-state index contributed by atoms with van der Waals surface area (Å²) in [6.07, 6.45) is 0.798. The van der Waals surface area contributed by atoms with Gasteiger partial charge in [-0.2, -0.15) is 9.90 Å². The van der Waals surface area contributed by atoms with E-state index in [1.807, 2.05) is 32.9 Å². The molecule has 0 bridgehead atoms. The molecule has 3 rings (SSSR count). The first-order valence-corrected chi connectivity index (χ1v) is 10.7. The van der Waals surface area contributed by atoms with E-state index in [1.165, 1.54) is 5.56 Å². The van der Waals surface area contributed by atoms with Gasteiger partial charge in [0, 0.05) is 46.4 Å². The summed E-state index contributed by atoms with van der Waals surface area (Å²) in [6.45, 7) is 9.88. The Labute approximate surface area is 183 Å². The van der Waals surface area contributed by atoms with Gasteiger partial charge in [0.1, 0.15) is 0 Å². The summed E-state index contributed by atoms with van der Waals surface area (Å²) in [6, 6.07) is 6.05. The van der Waals surface area contributed by atoms with Crippen molar-refractivity contribution in [3.63, 3.8) is 0 Å². The van der Waals surface area contributed by atoms with Gasteiger partial charge < -0.3 is 15.0 Å². The molecule has 1 aliphatic heterocycles. The number of rotatable bonds is 8. The van der Waals surface area contributed by atoms with E-state index in [9.17, 15) is 9.59 Å². The number of amides is 2. The Morgan fingerprint density at radius 3 is 2.52 bits per heavy atom. The number of nitrogens with zero attached hydrogens (tertiary/aromatic N) is 5. The molecule has 0 spiro atoms. The average molecular weight is 429 g/mol. The van der Waals surface area contributed by atoms with Gasteiger partial charge in [-0.1, -0.05) is 17.7 Å². The maximum atomic E-state index is 13.0. The second kappa shape index (κ2) is 10.5. The molecule has 168 valence electrons. The number of ether oxygens (including phenoxy) is 1. The zero-order valence-corrected chi connectivity index (χ0v) is 18.8. The van der Waals surface area contributed by atoms with E-state index in [-0.39, 0.29) is 11.8 Å². The highest BCUT2D eigenvalue weighted by Crippen LogP contribution is 2.16. The Morgan fingerprint density at radius 2 is 1.84 bits per heavy atom. The number of carbonyl (C=O) groups is 2. The van der Waals surface area contributed by atoms with E-state index in [1.54, 1.807) is 16.8 Å². The average Bonchev–Trinajstić information content (AvgIpc) is 3.12. The number of methoxy groups -OCH3 is 1. The van der Waals surface area contributed by atoms with Crippen LogP contribution in [-0.2, 0) is 9.53 Å². The van der Waals surface area contributed by atoms with Crippen LogP contribution in [0, 0.1) is 20.8 Å². The van der Waals surface area contributed by atoms with E-state index in [0.717, 1.165) is 17.7 Å². The SMILES string of the molecule is COCCCNC(=O)CN1CCN(C(=O)c2nn(-c3ccc(C)cc3C)nc2C)CC1. The highest BCUT2D eigenvalue weighted by atomic mass is 16.5. The molecule has 0 atom stereocenters. The zero-order valence-electron chi connectivity index (χ0n) is 18.8. The summed E-state index contributed by atoms with van der Waals surface area (Å²) in [7, 11) is 1.65. The number of benzene rings is 1. The maximum absolute atomic E-state index is 13.0. The molecule has 0 aliphatic carbocycles. The van der Waals surface area contributed by atoms with E-state index < -0.39 is 0 Å². The molecule has 2 heterocycles. The van der Waals surface area contributed by atoms with Gasteiger partial charge >= 0.3 is 0 Å². The van der Waals surface area contributed by atoms with Gasteiger partial charge in [0.2, 0.25) is 5.91 Å². The Bertz CT molecular complexity index is 918. The first kappa shape index (κ1) is 22.9. The number of aromatic nitrogens is 3. The largest absolute Gasteiger partial charge is 0.385 e. The molecule has 1 fully saturated rings. The number of nitrogens with one attached hydrogen (secondary N) is 1. The van der Waals surface area contributed by atoms with Crippen LogP contribution in [0.4, 0.5) is 0 Å². The summed E-state index contributed by atoms with van der Waals surface area (Å²) in [5.74, 6) is -0.111. The minimum atomic E-state index is -0.114. The molecule has 9 nitrogen and oxygen atoms in total. The van der Waals surface area contributed by atoms with Crippen molar-refractivity contribution in [2.75, 3.05) is 53.0 Å². The Morgan fingerprint density at radius 1 is 1.10 bits per heavy atom. The smallest absolute Gasteiger partial charge is 0.276 e. The molecule has 1 saturated heterocycles. The van der Waals surface area contributed by atoms with Crippen LogP contribution in [0.1, 0.15) is 33.7 Å².